The summed E-state index contributed by atoms with van der Waals surface area (Å²) in [5, 5.41) is 0. The topological polar surface area (TPSA) is 142 Å². The Balaban J connectivity index is 0. The maximum atomic E-state index is 0. The summed E-state index contributed by atoms with van der Waals surface area (Å²) in [7, 11) is 0. The fourth-order valence-corrected chi connectivity index (χ4v) is 0. The smallest absolute Gasteiger partial charge is 2.00 e. The van der Waals surface area contributed by atoms with Crippen molar-refractivity contribution in [1.82, 2.24) is 0 Å². The number of hydrogen-bond acceptors (Lipinski definition) is 0. The van der Waals surface area contributed by atoms with Crippen molar-refractivity contribution in [2.24, 2.45) is 0 Å². The normalized spacial score (nSPS) is 0. The Labute approximate surface area is 130 Å². The van der Waals surface area contributed by atoms with Crippen LogP contribution in [0.5, 0.6) is 0 Å². The molecule has 0 saturated heterocycles. The molecule has 46 valence electrons. The molecule has 0 aliphatic carbocycles. The molecule has 0 aromatic rings. The second-order valence-corrected chi connectivity index (χ2v) is 0. The van der Waals surface area contributed by atoms with Crippen LogP contribution in [0.1, 0.15) is 0 Å². The van der Waals surface area contributed by atoms with Crippen molar-refractivity contribution in [3.8, 4) is 0 Å². The first kappa shape index (κ1) is 112. The molecule has 0 rings (SSSR count). The predicted molar refractivity (Wildman–Crippen MR) is 9.19 cm³/mol. The van der Waals surface area contributed by atoms with Gasteiger partial charge in [-0.2, -0.15) is 0 Å². The summed E-state index contributed by atoms with van der Waals surface area (Å²) in [5.74, 6) is 0. The molecule has 0 aromatic carbocycles. The Morgan fingerprint density at radius 3 is 0.500 bits per heavy atom. The first-order chi connectivity index (χ1) is 0. The third-order valence-corrected chi connectivity index (χ3v) is 0. The first-order valence-corrected chi connectivity index (χ1v) is 0. The van der Waals surface area contributed by atoms with E-state index in [0.717, 1.165) is 0 Å². The SMILES string of the molecule is [Ce+3].[O-2].[O-2].[O-2].[O-2].[O-2].[Sr+2].[V]. The standard InChI is InChI=1S/Ce.5O.Sr.V/q+3;5*-2;+2;. The van der Waals surface area contributed by atoms with Gasteiger partial charge in [0.05, 0.1) is 0 Å². The van der Waals surface area contributed by atoms with Gasteiger partial charge in [0.15, 0.2) is 0 Å². The molecule has 8 heteroatoms. The molecule has 0 spiro atoms. The van der Waals surface area contributed by atoms with E-state index < -0.39 is 0 Å². The van der Waals surface area contributed by atoms with E-state index in [0.29, 0.717) is 0 Å². The van der Waals surface area contributed by atoms with Gasteiger partial charge in [0.25, 0.3) is 0 Å². The maximum absolute atomic E-state index is 0. The zero-order chi connectivity index (χ0) is 0. The Bertz CT molecular complexity index is 12.4. The molecule has 0 heterocycles. The molecule has 5 nitrogen and oxygen atoms in total. The van der Waals surface area contributed by atoms with E-state index in [1.807, 2.05) is 0 Å². The van der Waals surface area contributed by atoms with Crippen LogP contribution in [0.15, 0.2) is 0 Å². The second kappa shape index (κ2) is 83.2. The average molecular weight is 359 g/mol. The summed E-state index contributed by atoms with van der Waals surface area (Å²) >= 11 is 0. The molecule has 0 aliphatic rings. The van der Waals surface area contributed by atoms with Gasteiger partial charge in [0, 0.05) is 18.6 Å². The van der Waals surface area contributed by atoms with Crippen LogP contribution in [0, 0.1) is 41.7 Å². The van der Waals surface area contributed by atoms with Gasteiger partial charge in [0.1, 0.15) is 0 Å². The molecule has 0 bridgehead atoms. The minimum absolute atomic E-state index is 0. The fraction of sp³-hybridized carbons (Fsp3) is 0. The van der Waals surface area contributed by atoms with Crippen LogP contribution in [-0.4, -0.2) is 45.5 Å². The van der Waals surface area contributed by atoms with Crippen LogP contribution in [0.2, 0.25) is 0 Å². The number of hydrogen-bond donors (Lipinski definition) is 0. The Hall–Kier alpha value is 3.24. The summed E-state index contributed by atoms with van der Waals surface area (Å²) in [4.78, 5) is 0. The minimum Gasteiger partial charge on any atom is -2.00 e. The van der Waals surface area contributed by atoms with Crippen molar-refractivity contribution < 1.29 is 87.7 Å². The molecule has 0 fully saturated rings. The summed E-state index contributed by atoms with van der Waals surface area (Å²) in [6, 6.07) is 0. The first-order valence-electron chi connectivity index (χ1n) is 0. The van der Waals surface area contributed by atoms with E-state index >= 15 is 0 Å². The molecule has 0 aromatic heterocycles. The van der Waals surface area contributed by atoms with Crippen LogP contribution in [0.3, 0.4) is 0 Å². The van der Waals surface area contributed by atoms with Crippen molar-refractivity contribution in [2.45, 2.75) is 0 Å². The van der Waals surface area contributed by atoms with E-state index in [2.05, 4.69) is 0 Å². The van der Waals surface area contributed by atoms with Crippen molar-refractivity contribution >= 4 is 45.5 Å². The van der Waals surface area contributed by atoms with Crippen LogP contribution in [-0.2, 0) is 45.9 Å². The van der Waals surface area contributed by atoms with Crippen LogP contribution in [0.4, 0.5) is 0 Å². The van der Waals surface area contributed by atoms with Gasteiger partial charge in [-0.25, -0.2) is 0 Å². The van der Waals surface area contributed by atoms with Crippen LogP contribution >= 0.6 is 0 Å². The second-order valence-electron chi connectivity index (χ2n) is 0. The van der Waals surface area contributed by atoms with E-state index in [4.69, 9.17) is 0 Å². The average Bonchev–Trinajstić information content (AvgIpc) is 0. The molecular weight excluding hydrogens is 359 g/mol. The van der Waals surface area contributed by atoms with Gasteiger partial charge >= 0.3 is 87.2 Å². The van der Waals surface area contributed by atoms with Crippen molar-refractivity contribution in [2.75, 3.05) is 0 Å². The predicted octanol–water partition coefficient (Wildman–Crippen LogP) is -0.977. The van der Waals surface area contributed by atoms with E-state index in [1.54, 1.807) is 0 Å². The van der Waals surface area contributed by atoms with Gasteiger partial charge in [0.2, 0.25) is 0 Å². The molecule has 0 N–H and O–H groups in total. The summed E-state index contributed by atoms with van der Waals surface area (Å²) in [6.07, 6.45) is 0. The Kier molecular flexibility index (Phi) is 1170. The zero-order valence-electron chi connectivity index (χ0n) is 3.70. The molecule has 0 saturated carbocycles. The quantitative estimate of drug-likeness (QED) is 0.491. The fourth-order valence-electron chi connectivity index (χ4n) is 0. The van der Waals surface area contributed by atoms with E-state index in [9.17, 15) is 0 Å². The largest absolute Gasteiger partial charge is 3.00 e. The van der Waals surface area contributed by atoms with Crippen molar-refractivity contribution in [1.29, 1.82) is 0 Å². The maximum Gasteiger partial charge on any atom is 3.00 e. The molecule has 0 amide bonds. The van der Waals surface area contributed by atoms with Crippen LogP contribution in [0.25, 0.3) is 0 Å². The third-order valence-electron chi connectivity index (χ3n) is 0. The van der Waals surface area contributed by atoms with Gasteiger partial charge in [-0.15, -0.1) is 0 Å². The van der Waals surface area contributed by atoms with Crippen LogP contribution < -0.4 is 0 Å². The van der Waals surface area contributed by atoms with Gasteiger partial charge < -0.3 is 27.4 Å². The summed E-state index contributed by atoms with van der Waals surface area (Å²) in [5.41, 5.74) is 0. The molecule has 0 unspecified atom stereocenters. The number of rotatable bonds is 0. The molecular formula is CeO5SrV-5. The Morgan fingerprint density at radius 1 is 0.500 bits per heavy atom. The summed E-state index contributed by atoms with van der Waals surface area (Å²) < 4.78 is 0. The molecule has 8 heavy (non-hydrogen) atoms. The zero-order valence-corrected chi connectivity index (χ0v) is 11.7. The van der Waals surface area contributed by atoms with Crippen molar-refractivity contribution in [3.63, 3.8) is 0 Å². The van der Waals surface area contributed by atoms with Gasteiger partial charge in [-0.3, -0.25) is 0 Å². The molecule has 0 atom stereocenters. The molecule has 2 radical (unpaired) electrons. The van der Waals surface area contributed by atoms with Gasteiger partial charge in [-0.05, 0) is 0 Å². The van der Waals surface area contributed by atoms with Gasteiger partial charge in [-0.1, -0.05) is 0 Å². The summed E-state index contributed by atoms with van der Waals surface area (Å²) in [6.45, 7) is 0. The van der Waals surface area contributed by atoms with E-state index in [-0.39, 0.29) is 133 Å². The minimum atomic E-state index is 0. The third kappa shape index (κ3) is 59.7. The molecule has 0 aliphatic heterocycles. The van der Waals surface area contributed by atoms with E-state index in [1.165, 1.54) is 0 Å². The Morgan fingerprint density at radius 2 is 0.500 bits per heavy atom. The monoisotopic (exact) mass is 359 g/mol. The van der Waals surface area contributed by atoms with Crippen molar-refractivity contribution in [3.05, 3.63) is 0 Å².